The molecule has 1 heterocycles. The van der Waals surface area contributed by atoms with Gasteiger partial charge in [0.25, 0.3) is 0 Å². The quantitative estimate of drug-likeness (QED) is 0.818. The van der Waals surface area contributed by atoms with Crippen LogP contribution in [0.15, 0.2) is 12.4 Å². The lowest BCUT2D eigenvalue weighted by molar-refractivity contribution is -0.131. The van der Waals surface area contributed by atoms with E-state index >= 15 is 0 Å². The molecule has 0 spiro atoms. The SMILES string of the molecule is CCN(CC)C(=O)[C@H](C)Nc1cnn(CC)c1. The van der Waals surface area contributed by atoms with E-state index in [1.807, 2.05) is 43.5 Å². The van der Waals surface area contributed by atoms with E-state index in [1.165, 1.54) is 0 Å². The number of nitrogens with one attached hydrogen (secondary N) is 1. The Balaban J connectivity index is 2.58. The highest BCUT2D eigenvalue weighted by Gasteiger charge is 2.18. The second-order valence-electron chi connectivity index (χ2n) is 3.96. The maximum Gasteiger partial charge on any atom is 0.244 e. The molecule has 0 bridgehead atoms. The van der Waals surface area contributed by atoms with Crippen molar-refractivity contribution in [3.05, 3.63) is 12.4 Å². The molecule has 17 heavy (non-hydrogen) atoms. The molecule has 96 valence electrons. The Kier molecular flexibility index (Phi) is 5.00. The summed E-state index contributed by atoms with van der Waals surface area (Å²) in [6.45, 7) is 10.2. The van der Waals surface area contributed by atoms with Gasteiger partial charge in [-0.1, -0.05) is 0 Å². The Labute approximate surface area is 103 Å². The number of hydrogen-bond donors (Lipinski definition) is 1. The van der Waals surface area contributed by atoms with Crippen molar-refractivity contribution in [1.82, 2.24) is 14.7 Å². The first kappa shape index (κ1) is 13.5. The summed E-state index contributed by atoms with van der Waals surface area (Å²) < 4.78 is 1.83. The Bertz CT molecular complexity index is 357. The van der Waals surface area contributed by atoms with E-state index in [0.29, 0.717) is 0 Å². The minimum Gasteiger partial charge on any atom is -0.371 e. The van der Waals surface area contributed by atoms with Gasteiger partial charge in [0.1, 0.15) is 6.04 Å². The molecule has 0 radical (unpaired) electrons. The molecular formula is C12H22N4O. The van der Waals surface area contributed by atoms with Crippen LogP contribution in [-0.2, 0) is 11.3 Å². The number of aromatic nitrogens is 2. The maximum atomic E-state index is 12.0. The van der Waals surface area contributed by atoms with Gasteiger partial charge in [-0.2, -0.15) is 5.10 Å². The molecule has 0 saturated carbocycles. The Morgan fingerprint density at radius 1 is 1.47 bits per heavy atom. The van der Waals surface area contributed by atoms with E-state index in [1.54, 1.807) is 6.20 Å². The fraction of sp³-hybridized carbons (Fsp3) is 0.667. The van der Waals surface area contributed by atoms with Crippen molar-refractivity contribution in [2.75, 3.05) is 18.4 Å². The molecule has 1 atom stereocenters. The summed E-state index contributed by atoms with van der Waals surface area (Å²) >= 11 is 0. The molecule has 0 unspecified atom stereocenters. The van der Waals surface area contributed by atoms with Gasteiger partial charge in [0.05, 0.1) is 11.9 Å². The van der Waals surface area contributed by atoms with E-state index in [4.69, 9.17) is 0 Å². The molecule has 0 aromatic carbocycles. The molecule has 0 aliphatic heterocycles. The number of carbonyl (C=O) groups excluding carboxylic acids is 1. The number of anilines is 1. The van der Waals surface area contributed by atoms with Crippen molar-refractivity contribution in [2.24, 2.45) is 0 Å². The lowest BCUT2D eigenvalue weighted by atomic mass is 10.2. The van der Waals surface area contributed by atoms with Crippen LogP contribution in [0.25, 0.3) is 0 Å². The highest BCUT2D eigenvalue weighted by atomic mass is 16.2. The van der Waals surface area contributed by atoms with Crippen LogP contribution >= 0.6 is 0 Å². The predicted octanol–water partition coefficient (Wildman–Crippen LogP) is 1.57. The summed E-state index contributed by atoms with van der Waals surface area (Å²) in [4.78, 5) is 13.8. The summed E-state index contributed by atoms with van der Waals surface area (Å²) in [5.74, 6) is 0.124. The molecule has 0 fully saturated rings. The molecule has 0 aliphatic rings. The van der Waals surface area contributed by atoms with Crippen LogP contribution in [0.1, 0.15) is 27.7 Å². The smallest absolute Gasteiger partial charge is 0.244 e. The minimum atomic E-state index is -0.218. The highest BCUT2D eigenvalue weighted by molar-refractivity contribution is 5.84. The third-order valence-electron chi connectivity index (χ3n) is 2.79. The van der Waals surface area contributed by atoms with Gasteiger partial charge in [-0.05, 0) is 27.7 Å². The van der Waals surface area contributed by atoms with Crippen molar-refractivity contribution < 1.29 is 4.79 Å². The van der Waals surface area contributed by atoms with Crippen LogP contribution in [0.4, 0.5) is 5.69 Å². The first-order valence-corrected chi connectivity index (χ1v) is 6.20. The number of amides is 1. The van der Waals surface area contributed by atoms with Crippen molar-refractivity contribution in [1.29, 1.82) is 0 Å². The first-order valence-electron chi connectivity index (χ1n) is 6.20. The summed E-state index contributed by atoms with van der Waals surface area (Å²) in [6, 6.07) is -0.218. The van der Waals surface area contributed by atoms with E-state index < -0.39 is 0 Å². The van der Waals surface area contributed by atoms with Crippen LogP contribution < -0.4 is 5.32 Å². The largest absolute Gasteiger partial charge is 0.371 e. The third kappa shape index (κ3) is 3.47. The van der Waals surface area contributed by atoms with E-state index in [0.717, 1.165) is 25.3 Å². The zero-order valence-electron chi connectivity index (χ0n) is 11.1. The summed E-state index contributed by atoms with van der Waals surface area (Å²) in [5, 5.41) is 7.33. The topological polar surface area (TPSA) is 50.2 Å². The van der Waals surface area contributed by atoms with E-state index in [2.05, 4.69) is 10.4 Å². The Morgan fingerprint density at radius 2 is 2.12 bits per heavy atom. The van der Waals surface area contributed by atoms with Gasteiger partial charge in [0.2, 0.25) is 5.91 Å². The van der Waals surface area contributed by atoms with Gasteiger partial charge < -0.3 is 10.2 Å². The summed E-state index contributed by atoms with van der Waals surface area (Å²) in [6.07, 6.45) is 3.65. The Hall–Kier alpha value is -1.52. The standard InChI is InChI=1S/C12H22N4O/c1-5-15(6-2)12(17)10(4)14-11-8-13-16(7-3)9-11/h8-10,14H,5-7H2,1-4H3/t10-/m0/s1. The molecule has 1 aromatic heterocycles. The number of aryl methyl sites for hydroxylation is 1. The zero-order valence-corrected chi connectivity index (χ0v) is 11.1. The molecule has 5 heteroatoms. The molecular weight excluding hydrogens is 216 g/mol. The van der Waals surface area contributed by atoms with Gasteiger partial charge in [0.15, 0.2) is 0 Å². The second-order valence-corrected chi connectivity index (χ2v) is 3.96. The van der Waals surface area contributed by atoms with Gasteiger partial charge in [0, 0.05) is 25.8 Å². The van der Waals surface area contributed by atoms with Gasteiger partial charge in [-0.3, -0.25) is 9.48 Å². The number of nitrogens with zero attached hydrogens (tertiary/aromatic N) is 3. The normalized spacial score (nSPS) is 12.2. The minimum absolute atomic E-state index is 0.124. The number of hydrogen-bond acceptors (Lipinski definition) is 3. The summed E-state index contributed by atoms with van der Waals surface area (Å²) in [7, 11) is 0. The van der Waals surface area contributed by atoms with Crippen molar-refractivity contribution in [2.45, 2.75) is 40.3 Å². The number of likely N-dealkylation sites (N-methyl/N-ethyl adjacent to an activating group) is 1. The third-order valence-corrected chi connectivity index (χ3v) is 2.79. The van der Waals surface area contributed by atoms with Gasteiger partial charge >= 0.3 is 0 Å². The maximum absolute atomic E-state index is 12.0. The van der Waals surface area contributed by atoms with Crippen LogP contribution in [-0.4, -0.2) is 39.7 Å². The van der Waals surface area contributed by atoms with Crippen LogP contribution in [0.2, 0.25) is 0 Å². The predicted molar refractivity (Wildman–Crippen MR) is 68.9 cm³/mol. The van der Waals surface area contributed by atoms with Crippen LogP contribution in [0.5, 0.6) is 0 Å². The molecule has 0 saturated heterocycles. The lowest BCUT2D eigenvalue weighted by Crippen LogP contribution is -2.41. The van der Waals surface area contributed by atoms with Gasteiger partial charge in [-0.15, -0.1) is 0 Å². The molecule has 0 aliphatic carbocycles. The van der Waals surface area contributed by atoms with Crippen molar-refractivity contribution in [3.63, 3.8) is 0 Å². The van der Waals surface area contributed by atoms with Crippen LogP contribution in [0.3, 0.4) is 0 Å². The fourth-order valence-corrected chi connectivity index (χ4v) is 1.73. The molecule has 1 amide bonds. The first-order chi connectivity index (χ1) is 8.12. The second kappa shape index (κ2) is 6.27. The van der Waals surface area contributed by atoms with E-state index in [-0.39, 0.29) is 11.9 Å². The van der Waals surface area contributed by atoms with Crippen molar-refractivity contribution in [3.8, 4) is 0 Å². The number of rotatable bonds is 6. The van der Waals surface area contributed by atoms with Gasteiger partial charge in [-0.25, -0.2) is 0 Å². The highest BCUT2D eigenvalue weighted by Crippen LogP contribution is 2.08. The summed E-state index contributed by atoms with van der Waals surface area (Å²) in [5.41, 5.74) is 0.889. The van der Waals surface area contributed by atoms with Crippen molar-refractivity contribution >= 4 is 11.6 Å². The van der Waals surface area contributed by atoms with Crippen LogP contribution in [0, 0.1) is 0 Å². The lowest BCUT2D eigenvalue weighted by Gasteiger charge is -2.23. The van der Waals surface area contributed by atoms with E-state index in [9.17, 15) is 4.79 Å². The zero-order chi connectivity index (χ0) is 12.8. The molecule has 5 nitrogen and oxygen atoms in total. The molecule has 1 aromatic rings. The average Bonchev–Trinajstić information content (AvgIpc) is 2.78. The number of carbonyl (C=O) groups is 1. The Morgan fingerprint density at radius 3 is 2.59 bits per heavy atom. The molecule has 1 rings (SSSR count). The fourth-order valence-electron chi connectivity index (χ4n) is 1.73. The average molecular weight is 238 g/mol. The monoisotopic (exact) mass is 238 g/mol. The molecule has 1 N–H and O–H groups in total.